The molecular weight excluding hydrogens is 414 g/mol. The molecule has 3 amide bonds. The van der Waals surface area contributed by atoms with Crippen molar-refractivity contribution >= 4 is 11.9 Å². The van der Waals surface area contributed by atoms with Crippen molar-refractivity contribution in [3.05, 3.63) is 71.8 Å². The van der Waals surface area contributed by atoms with Crippen LogP contribution in [0.1, 0.15) is 36.8 Å². The first kappa shape index (κ1) is 24.9. The number of benzene rings is 2. The number of imide groups is 1. The zero-order valence-corrected chi connectivity index (χ0v) is 19.8. The Labute approximate surface area is 198 Å². The molecule has 0 N–H and O–H groups in total. The maximum Gasteiger partial charge on any atom is 0.326 e. The van der Waals surface area contributed by atoms with Crippen molar-refractivity contribution in [1.82, 2.24) is 14.7 Å². The van der Waals surface area contributed by atoms with E-state index in [0.29, 0.717) is 32.7 Å². The van der Waals surface area contributed by atoms with Gasteiger partial charge in [0.2, 0.25) is 5.91 Å². The Morgan fingerprint density at radius 1 is 0.818 bits per heavy atom. The average Bonchev–Trinajstić information content (AvgIpc) is 2.84. The lowest BCUT2D eigenvalue weighted by Gasteiger charge is -2.33. The normalized spacial score (nSPS) is 16.3. The van der Waals surface area contributed by atoms with Gasteiger partial charge in [-0.3, -0.25) is 14.6 Å². The Morgan fingerprint density at radius 3 is 2.21 bits per heavy atom. The lowest BCUT2D eigenvalue weighted by atomic mass is 10.1. The number of hydrogen-bond acceptors (Lipinski definition) is 4. The summed E-state index contributed by atoms with van der Waals surface area (Å²) in [4.78, 5) is 32.0. The van der Waals surface area contributed by atoms with E-state index in [2.05, 4.69) is 29.2 Å². The van der Waals surface area contributed by atoms with Gasteiger partial charge in [-0.15, -0.1) is 0 Å². The molecule has 6 nitrogen and oxygen atoms in total. The molecule has 33 heavy (non-hydrogen) atoms. The van der Waals surface area contributed by atoms with E-state index in [1.54, 1.807) is 12.0 Å². The number of carbonyl (C=O) groups excluding carboxylic acids is 2. The molecule has 0 radical (unpaired) electrons. The standard InChI is InChI=1S/C27H37N3O3/c1-33-22-21-29-20-19-28(23-25-14-6-3-7-15-25)17-10-16-26(31)30(27(29)32)18-9-8-13-24-11-4-2-5-12-24/h2-7,11-12,14-15H,8-10,13,16-23H2,1H3. The van der Waals surface area contributed by atoms with Crippen LogP contribution in [0.4, 0.5) is 4.79 Å². The molecule has 0 saturated carbocycles. The average molecular weight is 452 g/mol. The number of aryl methyl sites for hydroxylation is 1. The number of unbranched alkanes of at least 4 members (excludes halogenated alkanes) is 1. The molecule has 3 rings (SSSR count). The second-order valence-corrected chi connectivity index (χ2v) is 8.62. The van der Waals surface area contributed by atoms with Crippen molar-refractivity contribution in [3.63, 3.8) is 0 Å². The highest BCUT2D eigenvalue weighted by atomic mass is 16.5. The Morgan fingerprint density at radius 2 is 1.52 bits per heavy atom. The number of rotatable bonds is 10. The molecule has 0 atom stereocenters. The molecule has 1 heterocycles. The van der Waals surface area contributed by atoms with Crippen molar-refractivity contribution in [1.29, 1.82) is 0 Å². The van der Waals surface area contributed by atoms with Crippen LogP contribution in [0.2, 0.25) is 0 Å². The summed E-state index contributed by atoms with van der Waals surface area (Å²) in [5.74, 6) is -0.0660. The Hall–Kier alpha value is -2.70. The highest BCUT2D eigenvalue weighted by molar-refractivity contribution is 5.94. The van der Waals surface area contributed by atoms with Crippen molar-refractivity contribution < 1.29 is 14.3 Å². The van der Waals surface area contributed by atoms with Gasteiger partial charge in [0.05, 0.1) is 6.61 Å². The molecule has 0 bridgehead atoms. The predicted octanol–water partition coefficient (Wildman–Crippen LogP) is 4.20. The molecule has 2 aromatic carbocycles. The van der Waals surface area contributed by atoms with E-state index < -0.39 is 0 Å². The summed E-state index contributed by atoms with van der Waals surface area (Å²) in [6, 6.07) is 20.5. The predicted molar refractivity (Wildman–Crippen MR) is 131 cm³/mol. The summed E-state index contributed by atoms with van der Waals surface area (Å²) in [7, 11) is 1.64. The molecule has 1 saturated heterocycles. The summed E-state index contributed by atoms with van der Waals surface area (Å²) < 4.78 is 5.24. The van der Waals surface area contributed by atoms with Gasteiger partial charge in [-0.2, -0.15) is 0 Å². The first-order valence-electron chi connectivity index (χ1n) is 12.1. The van der Waals surface area contributed by atoms with Gasteiger partial charge in [0.1, 0.15) is 0 Å². The number of amides is 3. The van der Waals surface area contributed by atoms with Crippen LogP contribution in [0, 0.1) is 0 Å². The number of ether oxygens (including phenoxy) is 1. The van der Waals surface area contributed by atoms with Crippen LogP contribution in [-0.2, 0) is 22.5 Å². The fourth-order valence-electron chi connectivity index (χ4n) is 4.21. The number of urea groups is 1. The minimum Gasteiger partial charge on any atom is -0.383 e. The van der Waals surface area contributed by atoms with E-state index >= 15 is 0 Å². The van der Waals surface area contributed by atoms with E-state index in [1.165, 1.54) is 16.0 Å². The molecule has 1 aliphatic rings. The van der Waals surface area contributed by atoms with E-state index in [9.17, 15) is 9.59 Å². The van der Waals surface area contributed by atoms with Crippen molar-refractivity contribution in [2.45, 2.75) is 38.6 Å². The maximum atomic E-state index is 13.4. The number of carbonyl (C=O) groups is 2. The maximum absolute atomic E-state index is 13.4. The summed E-state index contributed by atoms with van der Waals surface area (Å²) in [5.41, 5.74) is 2.53. The van der Waals surface area contributed by atoms with Crippen LogP contribution in [0.15, 0.2) is 60.7 Å². The van der Waals surface area contributed by atoms with Gasteiger partial charge < -0.3 is 9.64 Å². The second kappa shape index (κ2) is 13.8. The minimum atomic E-state index is -0.182. The topological polar surface area (TPSA) is 53.1 Å². The minimum absolute atomic E-state index is 0.0660. The zero-order valence-electron chi connectivity index (χ0n) is 19.8. The van der Waals surface area contributed by atoms with Gasteiger partial charge in [0.25, 0.3) is 0 Å². The van der Waals surface area contributed by atoms with Crippen LogP contribution in [0.5, 0.6) is 0 Å². The molecule has 0 unspecified atom stereocenters. The number of nitrogens with zero attached hydrogens (tertiary/aromatic N) is 3. The van der Waals surface area contributed by atoms with E-state index in [1.807, 2.05) is 36.4 Å². The summed E-state index contributed by atoms with van der Waals surface area (Å²) in [6.07, 6.45) is 3.87. The van der Waals surface area contributed by atoms with Crippen LogP contribution in [0.3, 0.4) is 0 Å². The summed E-state index contributed by atoms with van der Waals surface area (Å²) in [5, 5.41) is 0. The Kier molecular flexibility index (Phi) is 10.4. The van der Waals surface area contributed by atoms with Crippen molar-refractivity contribution in [2.75, 3.05) is 46.4 Å². The zero-order chi connectivity index (χ0) is 23.3. The third-order valence-corrected chi connectivity index (χ3v) is 6.11. The fourth-order valence-corrected chi connectivity index (χ4v) is 4.21. The Bertz CT molecular complexity index is 844. The third-order valence-electron chi connectivity index (χ3n) is 6.11. The number of hydrogen-bond donors (Lipinski definition) is 0. The van der Waals surface area contributed by atoms with E-state index in [-0.39, 0.29) is 11.9 Å². The van der Waals surface area contributed by atoms with Crippen LogP contribution in [-0.4, -0.2) is 73.1 Å². The number of methoxy groups -OCH3 is 1. The molecule has 0 aliphatic carbocycles. The van der Waals surface area contributed by atoms with Gasteiger partial charge in [0.15, 0.2) is 0 Å². The smallest absolute Gasteiger partial charge is 0.326 e. The highest BCUT2D eigenvalue weighted by Crippen LogP contribution is 2.13. The quantitative estimate of drug-likeness (QED) is 0.508. The van der Waals surface area contributed by atoms with Crippen molar-refractivity contribution in [2.24, 2.45) is 0 Å². The van der Waals surface area contributed by atoms with Crippen LogP contribution in [0.25, 0.3) is 0 Å². The fraction of sp³-hybridized carbons (Fsp3) is 0.481. The van der Waals surface area contributed by atoms with E-state index in [4.69, 9.17) is 4.74 Å². The SMILES string of the molecule is COCCN1CCN(Cc2ccccc2)CCCC(=O)N(CCCCc2ccccc2)C1=O. The van der Waals surface area contributed by atoms with Gasteiger partial charge in [-0.1, -0.05) is 60.7 Å². The molecule has 178 valence electrons. The molecule has 1 fully saturated rings. The lowest BCUT2D eigenvalue weighted by molar-refractivity contribution is -0.129. The second-order valence-electron chi connectivity index (χ2n) is 8.62. The molecule has 1 aliphatic heterocycles. The monoisotopic (exact) mass is 451 g/mol. The largest absolute Gasteiger partial charge is 0.383 e. The third kappa shape index (κ3) is 8.30. The molecule has 0 aromatic heterocycles. The van der Waals surface area contributed by atoms with Crippen LogP contribution >= 0.6 is 0 Å². The Balaban J connectivity index is 1.61. The molecule has 2 aromatic rings. The van der Waals surface area contributed by atoms with E-state index in [0.717, 1.165) is 45.3 Å². The van der Waals surface area contributed by atoms with Gasteiger partial charge >= 0.3 is 6.03 Å². The molecular formula is C27H37N3O3. The first-order valence-corrected chi connectivity index (χ1v) is 12.1. The van der Waals surface area contributed by atoms with Gasteiger partial charge in [-0.25, -0.2) is 4.79 Å². The van der Waals surface area contributed by atoms with Gasteiger partial charge in [0, 0.05) is 46.3 Å². The molecule has 6 heteroatoms. The van der Waals surface area contributed by atoms with Gasteiger partial charge in [-0.05, 0) is 43.4 Å². The molecule has 0 spiro atoms. The van der Waals surface area contributed by atoms with Crippen molar-refractivity contribution in [3.8, 4) is 0 Å². The van der Waals surface area contributed by atoms with Crippen LogP contribution < -0.4 is 0 Å². The first-order chi connectivity index (χ1) is 16.2. The highest BCUT2D eigenvalue weighted by Gasteiger charge is 2.27. The lowest BCUT2D eigenvalue weighted by Crippen LogP contribution is -2.50. The summed E-state index contributed by atoms with van der Waals surface area (Å²) >= 11 is 0. The summed E-state index contributed by atoms with van der Waals surface area (Å²) in [6.45, 7) is 4.45.